The van der Waals surface area contributed by atoms with Crippen molar-refractivity contribution >= 4 is 24.0 Å². The first kappa shape index (κ1) is 17.4. The predicted molar refractivity (Wildman–Crippen MR) is 83.0 cm³/mol. The number of piperidine rings is 1. The van der Waals surface area contributed by atoms with Crippen molar-refractivity contribution in [3.63, 3.8) is 0 Å². The summed E-state index contributed by atoms with van der Waals surface area (Å²) in [5.74, 6) is -0.380. The molecular weight excluding hydrogens is 294 g/mol. The fraction of sp³-hybridized carbons (Fsp3) is 0.500. The number of nitrogens with one attached hydrogen (secondary N) is 1. The molecule has 21 heavy (non-hydrogen) atoms. The lowest BCUT2D eigenvalue weighted by Crippen LogP contribution is -2.37. The van der Waals surface area contributed by atoms with Crippen LogP contribution in [0.1, 0.15) is 29.6 Å². The largest absolute Gasteiger partial charge is 0.351 e. The van der Waals surface area contributed by atoms with Gasteiger partial charge in [-0.1, -0.05) is 18.6 Å². The molecular formula is C14H20ClN3O3. The van der Waals surface area contributed by atoms with E-state index in [1.54, 1.807) is 12.1 Å². The highest BCUT2D eigenvalue weighted by molar-refractivity contribution is 5.98. The summed E-state index contributed by atoms with van der Waals surface area (Å²) in [4.78, 5) is 24.6. The Bertz CT molecular complexity index is 490. The third kappa shape index (κ3) is 4.99. The van der Waals surface area contributed by atoms with Crippen LogP contribution < -0.4 is 5.32 Å². The van der Waals surface area contributed by atoms with Crippen molar-refractivity contribution < 1.29 is 9.72 Å². The first-order valence-electron chi connectivity index (χ1n) is 6.92. The normalized spacial score (nSPS) is 15.0. The minimum Gasteiger partial charge on any atom is -0.351 e. The smallest absolute Gasteiger partial charge is 0.282 e. The molecule has 1 amide bonds. The second-order valence-electron chi connectivity index (χ2n) is 4.93. The van der Waals surface area contributed by atoms with Crippen LogP contribution in [0.2, 0.25) is 0 Å². The number of carbonyl (C=O) groups is 1. The van der Waals surface area contributed by atoms with Gasteiger partial charge in [0.05, 0.1) is 4.92 Å². The van der Waals surface area contributed by atoms with E-state index in [1.165, 1.54) is 31.4 Å². The van der Waals surface area contributed by atoms with E-state index in [4.69, 9.17) is 0 Å². The predicted octanol–water partition coefficient (Wildman–Crippen LogP) is 2.23. The molecule has 0 atom stereocenters. The number of hydrogen-bond acceptors (Lipinski definition) is 4. The fourth-order valence-corrected chi connectivity index (χ4v) is 2.43. The molecule has 1 aromatic carbocycles. The van der Waals surface area contributed by atoms with Gasteiger partial charge in [0.1, 0.15) is 5.56 Å². The highest BCUT2D eigenvalue weighted by Crippen LogP contribution is 2.17. The summed E-state index contributed by atoms with van der Waals surface area (Å²) in [5.41, 5.74) is -0.0286. The topological polar surface area (TPSA) is 75.5 Å². The first-order chi connectivity index (χ1) is 9.68. The summed E-state index contributed by atoms with van der Waals surface area (Å²) >= 11 is 0. The van der Waals surface area contributed by atoms with Gasteiger partial charge in [-0.3, -0.25) is 14.9 Å². The van der Waals surface area contributed by atoms with E-state index in [-0.39, 0.29) is 29.6 Å². The molecule has 1 aromatic rings. The summed E-state index contributed by atoms with van der Waals surface area (Å²) < 4.78 is 0. The monoisotopic (exact) mass is 313 g/mol. The van der Waals surface area contributed by atoms with Gasteiger partial charge < -0.3 is 10.2 Å². The summed E-state index contributed by atoms with van der Waals surface area (Å²) in [6.45, 7) is 3.46. The average Bonchev–Trinajstić information content (AvgIpc) is 2.48. The third-order valence-electron chi connectivity index (χ3n) is 3.51. The molecule has 0 unspecified atom stereocenters. The number of nitro benzene ring substituents is 1. The quantitative estimate of drug-likeness (QED) is 0.668. The van der Waals surface area contributed by atoms with Gasteiger partial charge in [-0.25, -0.2) is 0 Å². The number of likely N-dealkylation sites (tertiary alicyclic amines) is 1. The zero-order valence-electron chi connectivity index (χ0n) is 11.8. The Kier molecular flexibility index (Phi) is 7.11. The second kappa shape index (κ2) is 8.59. The maximum absolute atomic E-state index is 12.0. The molecule has 1 saturated heterocycles. The van der Waals surface area contributed by atoms with Crippen LogP contribution in [-0.2, 0) is 0 Å². The average molecular weight is 314 g/mol. The molecule has 1 N–H and O–H groups in total. The van der Waals surface area contributed by atoms with E-state index in [2.05, 4.69) is 10.2 Å². The molecule has 0 aliphatic carbocycles. The van der Waals surface area contributed by atoms with Crippen molar-refractivity contribution in [3.8, 4) is 0 Å². The molecule has 0 bridgehead atoms. The van der Waals surface area contributed by atoms with E-state index in [0.717, 1.165) is 19.6 Å². The van der Waals surface area contributed by atoms with Gasteiger partial charge in [-0.15, -0.1) is 12.4 Å². The highest BCUT2D eigenvalue weighted by atomic mass is 35.5. The van der Waals surface area contributed by atoms with Crippen molar-refractivity contribution in [3.05, 3.63) is 39.9 Å². The Morgan fingerprint density at radius 2 is 1.90 bits per heavy atom. The standard InChI is InChI=1S/C14H19N3O3.ClH/c18-14(12-6-2-3-7-13(12)17(19)20)15-8-11-16-9-4-1-5-10-16;/h2-3,6-7H,1,4-5,8-11H2,(H,15,18);1H. The van der Waals surface area contributed by atoms with Crippen LogP contribution >= 0.6 is 12.4 Å². The molecule has 1 fully saturated rings. The summed E-state index contributed by atoms with van der Waals surface area (Å²) in [6, 6.07) is 6.02. The number of nitrogens with zero attached hydrogens (tertiary/aromatic N) is 2. The molecule has 6 nitrogen and oxygen atoms in total. The maximum Gasteiger partial charge on any atom is 0.282 e. The van der Waals surface area contributed by atoms with Gasteiger partial charge in [0.25, 0.3) is 11.6 Å². The lowest BCUT2D eigenvalue weighted by atomic mass is 10.1. The Morgan fingerprint density at radius 1 is 1.24 bits per heavy atom. The minimum atomic E-state index is -0.528. The second-order valence-corrected chi connectivity index (χ2v) is 4.93. The molecule has 116 valence electrons. The molecule has 7 heteroatoms. The minimum absolute atomic E-state index is 0. The number of carbonyl (C=O) groups excluding carboxylic acids is 1. The van der Waals surface area contributed by atoms with E-state index in [0.29, 0.717) is 6.54 Å². The molecule has 0 spiro atoms. The Labute approximate surface area is 130 Å². The third-order valence-corrected chi connectivity index (χ3v) is 3.51. The Balaban J connectivity index is 0.00000220. The molecule has 0 saturated carbocycles. The van der Waals surface area contributed by atoms with Crippen LogP contribution in [0, 0.1) is 10.1 Å². The summed E-state index contributed by atoms with van der Waals surface area (Å²) in [7, 11) is 0. The van der Waals surface area contributed by atoms with Gasteiger partial charge in [0, 0.05) is 19.2 Å². The SMILES string of the molecule is Cl.O=C(NCCN1CCCCC1)c1ccccc1[N+](=O)[O-]. The number of halogens is 1. The Hall–Kier alpha value is -1.66. The molecule has 0 radical (unpaired) electrons. The van der Waals surface area contributed by atoms with Gasteiger partial charge in [0.2, 0.25) is 0 Å². The number of benzene rings is 1. The van der Waals surface area contributed by atoms with Crippen LogP contribution in [0.5, 0.6) is 0 Å². The van der Waals surface area contributed by atoms with E-state index >= 15 is 0 Å². The fourth-order valence-electron chi connectivity index (χ4n) is 2.43. The van der Waals surface area contributed by atoms with Crippen molar-refractivity contribution in [2.75, 3.05) is 26.2 Å². The molecule has 1 aliphatic heterocycles. The number of para-hydroxylation sites is 1. The van der Waals surface area contributed by atoms with E-state index < -0.39 is 4.92 Å². The Morgan fingerprint density at radius 3 is 2.57 bits per heavy atom. The van der Waals surface area contributed by atoms with Crippen LogP contribution in [0.4, 0.5) is 5.69 Å². The van der Waals surface area contributed by atoms with Gasteiger partial charge in [-0.05, 0) is 32.0 Å². The van der Waals surface area contributed by atoms with Crippen LogP contribution in [0.15, 0.2) is 24.3 Å². The lowest BCUT2D eigenvalue weighted by Gasteiger charge is -2.26. The van der Waals surface area contributed by atoms with Gasteiger partial charge >= 0.3 is 0 Å². The number of amides is 1. The zero-order valence-corrected chi connectivity index (χ0v) is 12.6. The summed E-state index contributed by atoms with van der Waals surface area (Å²) in [5, 5.41) is 13.6. The zero-order chi connectivity index (χ0) is 14.4. The van der Waals surface area contributed by atoms with Gasteiger partial charge in [-0.2, -0.15) is 0 Å². The highest BCUT2D eigenvalue weighted by Gasteiger charge is 2.19. The van der Waals surface area contributed by atoms with Crippen molar-refractivity contribution in [2.45, 2.75) is 19.3 Å². The van der Waals surface area contributed by atoms with Crippen molar-refractivity contribution in [2.24, 2.45) is 0 Å². The summed E-state index contributed by atoms with van der Waals surface area (Å²) in [6.07, 6.45) is 3.69. The van der Waals surface area contributed by atoms with Crippen LogP contribution in [-0.4, -0.2) is 41.9 Å². The molecule has 1 heterocycles. The van der Waals surface area contributed by atoms with Crippen LogP contribution in [0.25, 0.3) is 0 Å². The van der Waals surface area contributed by atoms with Crippen molar-refractivity contribution in [1.29, 1.82) is 0 Å². The number of nitro groups is 1. The first-order valence-corrected chi connectivity index (χ1v) is 6.92. The van der Waals surface area contributed by atoms with E-state index in [9.17, 15) is 14.9 Å². The molecule has 1 aliphatic rings. The van der Waals surface area contributed by atoms with Crippen molar-refractivity contribution in [1.82, 2.24) is 10.2 Å². The van der Waals surface area contributed by atoms with E-state index in [1.807, 2.05) is 0 Å². The molecule has 0 aromatic heterocycles. The van der Waals surface area contributed by atoms with Crippen LogP contribution in [0.3, 0.4) is 0 Å². The number of rotatable bonds is 5. The maximum atomic E-state index is 12.0. The van der Waals surface area contributed by atoms with Gasteiger partial charge in [0.15, 0.2) is 0 Å². The lowest BCUT2D eigenvalue weighted by molar-refractivity contribution is -0.385. The number of hydrogen-bond donors (Lipinski definition) is 1. The molecule has 2 rings (SSSR count).